The van der Waals surface area contributed by atoms with Crippen LogP contribution in [-0.2, 0) is 20.7 Å². The lowest BCUT2D eigenvalue weighted by Crippen LogP contribution is -2.17. The molecule has 0 spiro atoms. The van der Waals surface area contributed by atoms with Crippen molar-refractivity contribution in [2.24, 2.45) is 4.99 Å². The molecule has 6 nitrogen and oxygen atoms in total. The molecule has 2 aromatic rings. The van der Waals surface area contributed by atoms with Crippen LogP contribution < -0.4 is 10.6 Å². The fraction of sp³-hybridized carbons (Fsp3) is 0.261. The zero-order valence-corrected chi connectivity index (χ0v) is 18.1. The molecule has 0 radical (unpaired) electrons. The predicted molar refractivity (Wildman–Crippen MR) is 124 cm³/mol. The van der Waals surface area contributed by atoms with Gasteiger partial charge in [0.05, 0.1) is 35.7 Å². The molecule has 1 amide bonds. The second-order valence-electron chi connectivity index (χ2n) is 6.81. The van der Waals surface area contributed by atoms with Crippen molar-refractivity contribution in [2.75, 3.05) is 23.5 Å². The van der Waals surface area contributed by atoms with Gasteiger partial charge in [0.1, 0.15) is 0 Å². The Hall–Kier alpha value is -3.06. The number of rotatable bonds is 6. The van der Waals surface area contributed by atoms with Gasteiger partial charge >= 0.3 is 5.97 Å². The average molecular weight is 424 g/mol. The summed E-state index contributed by atoms with van der Waals surface area (Å²) in [5, 5.41) is 6.92. The highest BCUT2D eigenvalue weighted by Crippen LogP contribution is 2.31. The topological polar surface area (TPSA) is 79.8 Å². The molecule has 7 heteroatoms. The number of benzene rings is 2. The summed E-state index contributed by atoms with van der Waals surface area (Å²) in [6.07, 6.45) is 2.74. The van der Waals surface area contributed by atoms with Crippen LogP contribution in [0.5, 0.6) is 0 Å². The first-order chi connectivity index (χ1) is 14.5. The molecule has 156 valence electrons. The van der Waals surface area contributed by atoms with Gasteiger partial charge in [-0.25, -0.2) is 4.99 Å². The summed E-state index contributed by atoms with van der Waals surface area (Å²) in [6, 6.07) is 13.6. The van der Waals surface area contributed by atoms with Gasteiger partial charge in [0, 0.05) is 11.4 Å². The van der Waals surface area contributed by atoms with Crippen LogP contribution in [-0.4, -0.2) is 29.8 Å². The molecule has 1 aliphatic rings. The van der Waals surface area contributed by atoms with Crippen LogP contribution in [0.4, 0.5) is 17.1 Å². The number of amides is 1. The number of aryl methyl sites for hydroxylation is 2. The number of aliphatic imine (C=N–C) groups is 1. The van der Waals surface area contributed by atoms with Gasteiger partial charge in [-0.15, -0.1) is 0 Å². The highest BCUT2D eigenvalue weighted by atomic mass is 32.2. The van der Waals surface area contributed by atoms with Crippen molar-refractivity contribution >= 4 is 45.7 Å². The molecule has 2 aromatic carbocycles. The van der Waals surface area contributed by atoms with Crippen molar-refractivity contribution in [3.8, 4) is 0 Å². The molecule has 0 fully saturated rings. The van der Waals surface area contributed by atoms with E-state index in [4.69, 9.17) is 4.74 Å². The molecule has 3 rings (SSSR count). The zero-order chi connectivity index (χ0) is 21.5. The van der Waals surface area contributed by atoms with E-state index in [1.54, 1.807) is 6.08 Å². The van der Waals surface area contributed by atoms with Gasteiger partial charge < -0.3 is 15.4 Å². The van der Waals surface area contributed by atoms with Crippen molar-refractivity contribution in [2.45, 2.75) is 26.7 Å². The van der Waals surface area contributed by atoms with Crippen molar-refractivity contribution < 1.29 is 14.3 Å². The summed E-state index contributed by atoms with van der Waals surface area (Å²) in [5.74, 6) is -0.234. The summed E-state index contributed by atoms with van der Waals surface area (Å²) in [4.78, 5) is 29.0. The number of carbonyl (C=O) groups is 2. The van der Waals surface area contributed by atoms with E-state index in [0.29, 0.717) is 10.7 Å². The zero-order valence-electron chi connectivity index (χ0n) is 17.3. The quantitative estimate of drug-likeness (QED) is 0.651. The van der Waals surface area contributed by atoms with Crippen molar-refractivity contribution in [3.05, 3.63) is 65.4 Å². The number of ether oxygens (including phenoxy) is 1. The number of fused-ring (bicyclic) bond motifs is 1. The molecule has 0 saturated heterocycles. The second-order valence-corrected chi connectivity index (χ2v) is 7.81. The maximum absolute atomic E-state index is 12.6. The van der Waals surface area contributed by atoms with Crippen molar-refractivity contribution in [1.29, 1.82) is 0 Å². The minimum absolute atomic E-state index is 0.0969. The number of nitrogens with zero attached hydrogens (tertiary/aromatic N) is 1. The van der Waals surface area contributed by atoms with E-state index in [1.165, 1.54) is 18.9 Å². The summed E-state index contributed by atoms with van der Waals surface area (Å²) < 4.78 is 4.78. The third-order valence-electron chi connectivity index (χ3n) is 4.65. The van der Waals surface area contributed by atoms with E-state index in [0.717, 1.165) is 34.6 Å². The normalized spacial score (nSPS) is 12.6. The van der Waals surface area contributed by atoms with Gasteiger partial charge in [-0.3, -0.25) is 9.59 Å². The van der Waals surface area contributed by atoms with Gasteiger partial charge in [-0.1, -0.05) is 49.0 Å². The van der Waals surface area contributed by atoms with E-state index < -0.39 is 0 Å². The molecule has 1 heterocycles. The minimum atomic E-state index is -0.345. The van der Waals surface area contributed by atoms with Crippen LogP contribution in [0, 0.1) is 6.92 Å². The first-order valence-corrected chi connectivity index (χ1v) is 10.7. The van der Waals surface area contributed by atoms with Gasteiger partial charge in [-0.05, 0) is 42.7 Å². The van der Waals surface area contributed by atoms with Crippen LogP contribution in [0.2, 0.25) is 0 Å². The molecule has 2 N–H and O–H groups in total. The number of methoxy groups -OCH3 is 1. The Morgan fingerprint density at radius 3 is 2.73 bits per heavy atom. The Morgan fingerprint density at radius 1 is 1.17 bits per heavy atom. The number of thioether (sulfide) groups is 1. The van der Waals surface area contributed by atoms with Gasteiger partial charge in [0.15, 0.2) is 0 Å². The first kappa shape index (κ1) is 21.6. The van der Waals surface area contributed by atoms with Crippen LogP contribution in [0.1, 0.15) is 24.5 Å². The lowest BCUT2D eigenvalue weighted by atomic mass is 10.1. The maximum atomic E-state index is 12.6. The summed E-state index contributed by atoms with van der Waals surface area (Å²) in [6.45, 7) is 4.05. The Morgan fingerprint density at radius 2 is 1.97 bits per heavy atom. The average Bonchev–Trinajstić information content (AvgIpc) is 2.92. The fourth-order valence-electron chi connectivity index (χ4n) is 3.10. The number of hydrogen-bond acceptors (Lipinski definition) is 6. The van der Waals surface area contributed by atoms with Gasteiger partial charge in [0.2, 0.25) is 5.91 Å². The van der Waals surface area contributed by atoms with E-state index in [1.807, 2.05) is 49.4 Å². The standard InChI is InChI=1S/C23H25N3O3S/c1-4-16-9-7-8-15(2)23(16)26-20(27)14-30-21-12-17(13-22(28)29-3)24-18-10-5-6-11-19(18)25-21/h5-12,24H,4,13-14H2,1-3H3,(H,26,27). The van der Waals surface area contributed by atoms with E-state index in [9.17, 15) is 9.59 Å². The molecular formula is C23H25N3O3S. The molecule has 0 atom stereocenters. The number of para-hydroxylation sites is 3. The molecular weight excluding hydrogens is 398 g/mol. The summed E-state index contributed by atoms with van der Waals surface area (Å²) >= 11 is 1.33. The lowest BCUT2D eigenvalue weighted by molar-refractivity contribution is -0.139. The molecule has 30 heavy (non-hydrogen) atoms. The molecule has 0 aromatic heterocycles. The van der Waals surface area contributed by atoms with Gasteiger partial charge in [-0.2, -0.15) is 0 Å². The Bertz CT molecular complexity index is 1010. The third-order valence-corrected chi connectivity index (χ3v) is 5.56. The SMILES string of the molecule is CCc1cccc(C)c1NC(=O)CSC1=Nc2ccccc2NC(CC(=O)OC)=C1. The lowest BCUT2D eigenvalue weighted by Gasteiger charge is -2.12. The highest BCUT2D eigenvalue weighted by Gasteiger charge is 2.16. The Labute approximate surface area is 180 Å². The molecule has 0 aliphatic carbocycles. The first-order valence-electron chi connectivity index (χ1n) is 9.73. The van der Waals surface area contributed by atoms with Crippen LogP contribution in [0.15, 0.2) is 59.2 Å². The minimum Gasteiger partial charge on any atom is -0.469 e. The number of anilines is 2. The number of carbonyl (C=O) groups excluding carboxylic acids is 2. The number of hydrogen-bond donors (Lipinski definition) is 2. The molecule has 0 bridgehead atoms. The van der Waals surface area contributed by atoms with Crippen LogP contribution >= 0.6 is 11.8 Å². The van der Waals surface area contributed by atoms with Crippen molar-refractivity contribution in [1.82, 2.24) is 0 Å². The van der Waals surface area contributed by atoms with E-state index in [2.05, 4.69) is 22.5 Å². The Kier molecular flexibility index (Phi) is 7.30. The fourth-order valence-corrected chi connectivity index (χ4v) is 3.84. The third kappa shape index (κ3) is 5.51. The summed E-state index contributed by atoms with van der Waals surface area (Å²) in [7, 11) is 1.36. The Balaban J connectivity index is 1.75. The maximum Gasteiger partial charge on any atom is 0.311 e. The predicted octanol–water partition coefficient (Wildman–Crippen LogP) is 4.83. The summed E-state index contributed by atoms with van der Waals surface area (Å²) in [5.41, 5.74) is 5.26. The smallest absolute Gasteiger partial charge is 0.311 e. The molecule has 1 aliphatic heterocycles. The largest absolute Gasteiger partial charge is 0.469 e. The van der Waals surface area contributed by atoms with Crippen LogP contribution in [0.25, 0.3) is 0 Å². The second kappa shape index (κ2) is 10.1. The number of nitrogens with one attached hydrogen (secondary N) is 2. The van der Waals surface area contributed by atoms with Gasteiger partial charge in [0.25, 0.3) is 0 Å². The van der Waals surface area contributed by atoms with Crippen molar-refractivity contribution in [3.63, 3.8) is 0 Å². The van der Waals surface area contributed by atoms with E-state index in [-0.39, 0.29) is 24.1 Å². The molecule has 0 unspecified atom stereocenters. The molecule has 0 saturated carbocycles. The number of esters is 1. The van der Waals surface area contributed by atoms with Crippen LogP contribution in [0.3, 0.4) is 0 Å². The highest BCUT2D eigenvalue weighted by molar-refractivity contribution is 8.14. The van der Waals surface area contributed by atoms with E-state index >= 15 is 0 Å². The monoisotopic (exact) mass is 423 g/mol.